The molecule has 0 spiro atoms. The van der Waals surface area contributed by atoms with Crippen molar-refractivity contribution >= 4 is 5.97 Å². The average molecular weight is 375 g/mol. The fourth-order valence-corrected chi connectivity index (χ4v) is 8.92. The monoisotopic (exact) mass is 374 g/mol. The van der Waals surface area contributed by atoms with E-state index < -0.39 is 0 Å². The van der Waals surface area contributed by atoms with Crippen molar-refractivity contribution in [3.05, 3.63) is 0 Å². The van der Waals surface area contributed by atoms with Crippen LogP contribution < -0.4 is 0 Å². The Labute approximate surface area is 167 Å². The summed E-state index contributed by atoms with van der Waals surface area (Å²) in [5, 5.41) is 0. The summed E-state index contributed by atoms with van der Waals surface area (Å²) in [7, 11) is 1.52. The molecule has 0 saturated heterocycles. The zero-order valence-corrected chi connectivity index (χ0v) is 18.3. The van der Waals surface area contributed by atoms with Gasteiger partial charge in [0, 0.05) is 6.42 Å². The highest BCUT2D eigenvalue weighted by atomic mass is 16.5. The third-order valence-corrected chi connectivity index (χ3v) is 10.4. The Kier molecular flexibility index (Phi) is 5.40. The Morgan fingerprint density at radius 2 is 1.74 bits per heavy atom. The van der Waals surface area contributed by atoms with Gasteiger partial charge in [-0.15, -0.1) is 0 Å². The molecule has 2 heteroatoms. The minimum atomic E-state index is -0.0335. The number of hydrogen-bond donors (Lipinski definition) is 0. The zero-order chi connectivity index (χ0) is 19.2. The van der Waals surface area contributed by atoms with E-state index in [0.29, 0.717) is 23.2 Å². The number of methoxy groups -OCH3 is 1. The van der Waals surface area contributed by atoms with E-state index in [9.17, 15) is 4.79 Å². The molecule has 154 valence electrons. The number of ether oxygens (including phenoxy) is 1. The van der Waals surface area contributed by atoms with Crippen molar-refractivity contribution in [1.82, 2.24) is 0 Å². The summed E-state index contributed by atoms with van der Waals surface area (Å²) >= 11 is 0. The minimum absolute atomic E-state index is 0.0335. The first-order valence-corrected chi connectivity index (χ1v) is 12.0. The summed E-state index contributed by atoms with van der Waals surface area (Å²) in [5.41, 5.74) is 1.17. The second kappa shape index (κ2) is 7.38. The molecule has 0 aromatic carbocycles. The van der Waals surface area contributed by atoms with E-state index >= 15 is 0 Å². The predicted octanol–water partition coefficient (Wildman–Crippen LogP) is 6.62. The van der Waals surface area contributed by atoms with Gasteiger partial charge in [0.05, 0.1) is 7.11 Å². The lowest BCUT2D eigenvalue weighted by molar-refractivity contribution is -0.141. The van der Waals surface area contributed by atoms with Gasteiger partial charge in [-0.25, -0.2) is 0 Å². The van der Waals surface area contributed by atoms with E-state index in [0.717, 1.165) is 36.0 Å². The van der Waals surface area contributed by atoms with Gasteiger partial charge in [0.25, 0.3) is 0 Å². The average Bonchev–Trinajstić information content (AvgIpc) is 3.02. The molecule has 0 heterocycles. The van der Waals surface area contributed by atoms with Crippen molar-refractivity contribution in [2.75, 3.05) is 7.11 Å². The molecular weight excluding hydrogens is 332 g/mol. The molecule has 8 atom stereocenters. The molecule has 0 radical (unpaired) electrons. The molecule has 0 unspecified atom stereocenters. The summed E-state index contributed by atoms with van der Waals surface area (Å²) in [6.45, 7) is 7.73. The lowest BCUT2D eigenvalue weighted by atomic mass is 9.44. The molecule has 2 nitrogen and oxygen atoms in total. The molecule has 4 aliphatic carbocycles. The van der Waals surface area contributed by atoms with Crippen LogP contribution in [0.5, 0.6) is 0 Å². The Bertz CT molecular complexity index is 557. The fourth-order valence-electron chi connectivity index (χ4n) is 8.92. The molecule has 4 saturated carbocycles. The third-order valence-electron chi connectivity index (χ3n) is 10.4. The highest BCUT2D eigenvalue weighted by Gasteiger charge is 2.60. The molecule has 0 aliphatic heterocycles. The first kappa shape index (κ1) is 19.8. The maximum absolute atomic E-state index is 11.6. The molecule has 4 rings (SSSR count). The predicted molar refractivity (Wildman–Crippen MR) is 110 cm³/mol. The Balaban J connectivity index is 1.49. The maximum atomic E-state index is 11.6. The SMILES string of the molecule is COC(=O)CC[C@H](C)[C@@H]1CC[C@@H]2[C@H]3CC[C@H]4CCCC[C@]4(C)[C@@H]3CC[C@]21C. The lowest BCUT2D eigenvalue weighted by Crippen LogP contribution is -2.53. The van der Waals surface area contributed by atoms with E-state index in [2.05, 4.69) is 20.8 Å². The van der Waals surface area contributed by atoms with Gasteiger partial charge in [-0.05, 0) is 104 Å². The van der Waals surface area contributed by atoms with Gasteiger partial charge in [-0.3, -0.25) is 4.79 Å². The molecule has 4 fully saturated rings. The van der Waals surface area contributed by atoms with Gasteiger partial charge in [0.1, 0.15) is 0 Å². The highest BCUT2D eigenvalue weighted by molar-refractivity contribution is 5.69. The molecule has 0 N–H and O–H groups in total. The Morgan fingerprint density at radius 3 is 2.52 bits per heavy atom. The van der Waals surface area contributed by atoms with E-state index in [1.807, 2.05) is 0 Å². The number of carbonyl (C=O) groups excluding carboxylic acids is 1. The van der Waals surface area contributed by atoms with E-state index in [1.165, 1.54) is 71.3 Å². The smallest absolute Gasteiger partial charge is 0.305 e. The molecule has 0 bridgehead atoms. The van der Waals surface area contributed by atoms with E-state index in [1.54, 1.807) is 0 Å². The van der Waals surface area contributed by atoms with Gasteiger partial charge >= 0.3 is 5.97 Å². The van der Waals surface area contributed by atoms with E-state index in [-0.39, 0.29) is 5.97 Å². The topological polar surface area (TPSA) is 26.3 Å². The second-order valence-electron chi connectivity index (χ2n) is 11.2. The summed E-state index contributed by atoms with van der Waals surface area (Å²) in [4.78, 5) is 11.6. The number of esters is 1. The van der Waals surface area contributed by atoms with Gasteiger partial charge < -0.3 is 4.74 Å². The van der Waals surface area contributed by atoms with Crippen LogP contribution in [0.15, 0.2) is 0 Å². The first-order chi connectivity index (χ1) is 12.9. The lowest BCUT2D eigenvalue weighted by Gasteiger charge is -2.61. The number of fused-ring (bicyclic) bond motifs is 5. The van der Waals surface area contributed by atoms with Crippen LogP contribution in [-0.2, 0) is 9.53 Å². The summed E-state index contributed by atoms with van der Waals surface area (Å²) in [6.07, 6.45) is 16.4. The van der Waals surface area contributed by atoms with Crippen LogP contribution in [0.1, 0.15) is 97.8 Å². The molecular formula is C25H42O2. The van der Waals surface area contributed by atoms with Gasteiger partial charge in [-0.2, -0.15) is 0 Å². The number of carbonyl (C=O) groups is 1. The van der Waals surface area contributed by atoms with Crippen LogP contribution in [0.4, 0.5) is 0 Å². The van der Waals surface area contributed by atoms with Gasteiger partial charge in [-0.1, -0.05) is 33.6 Å². The van der Waals surface area contributed by atoms with E-state index in [4.69, 9.17) is 4.74 Å². The van der Waals surface area contributed by atoms with Crippen LogP contribution in [-0.4, -0.2) is 13.1 Å². The summed E-state index contributed by atoms with van der Waals surface area (Å²) in [5.74, 6) is 5.38. The molecule has 4 aliphatic rings. The normalized spacial score (nSPS) is 47.5. The molecule has 0 aromatic rings. The molecule has 27 heavy (non-hydrogen) atoms. The Morgan fingerprint density at radius 1 is 0.963 bits per heavy atom. The highest BCUT2D eigenvalue weighted by Crippen LogP contribution is 2.68. The van der Waals surface area contributed by atoms with Crippen molar-refractivity contribution < 1.29 is 9.53 Å². The first-order valence-electron chi connectivity index (χ1n) is 12.0. The summed E-state index contributed by atoms with van der Waals surface area (Å²) in [6, 6.07) is 0. The van der Waals surface area contributed by atoms with Crippen molar-refractivity contribution in [1.29, 1.82) is 0 Å². The number of hydrogen-bond acceptors (Lipinski definition) is 2. The Hall–Kier alpha value is -0.530. The standard InChI is InChI=1S/C25H42O2/c1-17(8-13-23(26)27-4)20-11-12-21-19-10-9-18-7-5-6-15-24(18,2)22(19)14-16-25(20,21)3/h17-22H,5-16H2,1-4H3/t17-,18+,19+,20-,21+,22+,24-,25-/m0/s1. The van der Waals surface area contributed by atoms with Crippen LogP contribution in [0, 0.1) is 46.3 Å². The van der Waals surface area contributed by atoms with Crippen molar-refractivity contribution in [2.45, 2.75) is 97.8 Å². The van der Waals surface area contributed by atoms with Crippen LogP contribution in [0.3, 0.4) is 0 Å². The maximum Gasteiger partial charge on any atom is 0.305 e. The number of rotatable bonds is 4. The molecule has 0 aromatic heterocycles. The van der Waals surface area contributed by atoms with Crippen LogP contribution in [0.2, 0.25) is 0 Å². The van der Waals surface area contributed by atoms with Crippen LogP contribution in [0.25, 0.3) is 0 Å². The zero-order valence-electron chi connectivity index (χ0n) is 18.3. The van der Waals surface area contributed by atoms with Crippen molar-refractivity contribution in [3.8, 4) is 0 Å². The van der Waals surface area contributed by atoms with Crippen molar-refractivity contribution in [3.63, 3.8) is 0 Å². The second-order valence-corrected chi connectivity index (χ2v) is 11.2. The molecule has 0 amide bonds. The third kappa shape index (κ3) is 3.18. The van der Waals surface area contributed by atoms with Gasteiger partial charge in [0.2, 0.25) is 0 Å². The van der Waals surface area contributed by atoms with Gasteiger partial charge in [0.15, 0.2) is 0 Å². The van der Waals surface area contributed by atoms with Crippen LogP contribution >= 0.6 is 0 Å². The quantitative estimate of drug-likeness (QED) is 0.517. The largest absolute Gasteiger partial charge is 0.469 e. The minimum Gasteiger partial charge on any atom is -0.469 e. The van der Waals surface area contributed by atoms with Crippen molar-refractivity contribution in [2.24, 2.45) is 46.3 Å². The summed E-state index contributed by atoms with van der Waals surface area (Å²) < 4.78 is 4.89. The fraction of sp³-hybridized carbons (Fsp3) is 0.960.